The highest BCUT2D eigenvalue weighted by molar-refractivity contribution is 5.95. The van der Waals surface area contributed by atoms with Crippen molar-refractivity contribution in [3.05, 3.63) is 47.5 Å². The van der Waals surface area contributed by atoms with E-state index >= 15 is 0 Å². The first kappa shape index (κ1) is 23.8. The number of esters is 1. The van der Waals surface area contributed by atoms with Crippen molar-refractivity contribution < 1.29 is 41.7 Å². The van der Waals surface area contributed by atoms with E-state index in [9.17, 15) is 22.8 Å². The van der Waals surface area contributed by atoms with Gasteiger partial charge in [-0.2, -0.15) is 13.2 Å². The molecule has 10 heteroatoms. The number of amides is 1. The molecule has 2 rings (SSSR count). The molecule has 0 radical (unpaired) electrons. The first-order valence-corrected chi connectivity index (χ1v) is 9.05. The summed E-state index contributed by atoms with van der Waals surface area (Å²) in [7, 11) is 4.30. The molecule has 0 saturated carbocycles. The average Bonchev–Trinajstić information content (AvgIpc) is 2.72. The second-order valence-electron chi connectivity index (χ2n) is 6.41. The maximum Gasteiger partial charge on any atom is 0.416 e. The molecule has 0 aliphatic carbocycles. The zero-order valence-corrected chi connectivity index (χ0v) is 17.3. The molecule has 7 nitrogen and oxygen atoms in total. The Morgan fingerprint density at radius 1 is 1.00 bits per heavy atom. The molecule has 168 valence electrons. The standard InChI is InChI=1S/C21H22F3NO6/c1-12(20(27)25-15-7-5-6-14(11-15)21(22,23)24)31-18(26)10-13-8-16(28-2)19(30-4)17(9-13)29-3/h5-9,11-12H,10H2,1-4H3,(H,25,27)/t12-/m0/s1. The van der Waals surface area contributed by atoms with Gasteiger partial charge >= 0.3 is 12.1 Å². The van der Waals surface area contributed by atoms with Crippen molar-refractivity contribution in [1.82, 2.24) is 0 Å². The van der Waals surface area contributed by atoms with Crippen LogP contribution in [-0.4, -0.2) is 39.3 Å². The summed E-state index contributed by atoms with van der Waals surface area (Å²) in [5.74, 6) is -0.436. The number of nitrogens with one attached hydrogen (secondary N) is 1. The molecular formula is C21H22F3NO6. The SMILES string of the molecule is COc1cc(CC(=O)O[C@@H](C)C(=O)Nc2cccc(C(F)(F)F)c2)cc(OC)c1OC. The van der Waals surface area contributed by atoms with Crippen LogP contribution in [0.3, 0.4) is 0 Å². The fourth-order valence-corrected chi connectivity index (χ4v) is 2.71. The summed E-state index contributed by atoms with van der Waals surface area (Å²) in [6, 6.07) is 7.28. The minimum atomic E-state index is -4.54. The lowest BCUT2D eigenvalue weighted by Crippen LogP contribution is -2.30. The van der Waals surface area contributed by atoms with Crippen molar-refractivity contribution in [3.8, 4) is 17.2 Å². The quantitative estimate of drug-likeness (QED) is 0.627. The van der Waals surface area contributed by atoms with Gasteiger partial charge < -0.3 is 24.3 Å². The van der Waals surface area contributed by atoms with Gasteiger partial charge in [-0.25, -0.2) is 0 Å². The first-order valence-electron chi connectivity index (χ1n) is 9.05. The van der Waals surface area contributed by atoms with E-state index in [0.29, 0.717) is 22.8 Å². The zero-order chi connectivity index (χ0) is 23.2. The predicted octanol–water partition coefficient (Wildman–Crippen LogP) is 3.84. The Labute approximate surface area is 177 Å². The number of anilines is 1. The van der Waals surface area contributed by atoms with Gasteiger partial charge in [0.2, 0.25) is 5.75 Å². The van der Waals surface area contributed by atoms with E-state index in [2.05, 4.69) is 5.32 Å². The minimum Gasteiger partial charge on any atom is -0.493 e. The number of carbonyl (C=O) groups is 2. The lowest BCUT2D eigenvalue weighted by molar-refractivity contribution is -0.152. The van der Waals surface area contributed by atoms with Gasteiger partial charge in [-0.05, 0) is 42.8 Å². The average molecular weight is 441 g/mol. The molecular weight excluding hydrogens is 419 g/mol. The van der Waals surface area contributed by atoms with Crippen molar-refractivity contribution in [2.24, 2.45) is 0 Å². The number of hydrogen-bond acceptors (Lipinski definition) is 6. The van der Waals surface area contributed by atoms with Gasteiger partial charge in [0.1, 0.15) is 0 Å². The molecule has 2 aromatic rings. The number of halogens is 3. The Bertz CT molecular complexity index is 920. The third-order valence-corrected chi connectivity index (χ3v) is 4.21. The van der Waals surface area contributed by atoms with Crippen LogP contribution >= 0.6 is 0 Å². The molecule has 0 fully saturated rings. The van der Waals surface area contributed by atoms with E-state index in [1.54, 1.807) is 12.1 Å². The van der Waals surface area contributed by atoms with Crippen LogP contribution in [0.1, 0.15) is 18.1 Å². The largest absolute Gasteiger partial charge is 0.493 e. The molecule has 1 N–H and O–H groups in total. The van der Waals surface area contributed by atoms with Gasteiger partial charge in [-0.3, -0.25) is 9.59 Å². The molecule has 0 spiro atoms. The van der Waals surface area contributed by atoms with Crippen molar-refractivity contribution >= 4 is 17.6 Å². The fraction of sp³-hybridized carbons (Fsp3) is 0.333. The molecule has 0 saturated heterocycles. The van der Waals surface area contributed by atoms with E-state index in [4.69, 9.17) is 18.9 Å². The first-order chi connectivity index (χ1) is 14.6. The third kappa shape index (κ3) is 6.27. The number of ether oxygens (including phenoxy) is 4. The van der Waals surface area contributed by atoms with Gasteiger partial charge in [0.25, 0.3) is 5.91 Å². The summed E-state index contributed by atoms with van der Waals surface area (Å²) in [4.78, 5) is 24.5. The lowest BCUT2D eigenvalue weighted by atomic mass is 10.1. The van der Waals surface area contributed by atoms with Crippen molar-refractivity contribution in [2.45, 2.75) is 25.6 Å². The van der Waals surface area contributed by atoms with E-state index < -0.39 is 29.7 Å². The highest BCUT2D eigenvalue weighted by Gasteiger charge is 2.30. The van der Waals surface area contributed by atoms with Crippen LogP contribution in [0, 0.1) is 0 Å². The highest BCUT2D eigenvalue weighted by Crippen LogP contribution is 2.38. The van der Waals surface area contributed by atoms with Gasteiger partial charge in [-0.1, -0.05) is 6.07 Å². The molecule has 0 heterocycles. The van der Waals surface area contributed by atoms with E-state index in [0.717, 1.165) is 12.1 Å². The lowest BCUT2D eigenvalue weighted by Gasteiger charge is -2.16. The second kappa shape index (κ2) is 10.1. The molecule has 31 heavy (non-hydrogen) atoms. The molecule has 1 atom stereocenters. The van der Waals surface area contributed by atoms with Crippen LogP contribution in [0.25, 0.3) is 0 Å². The number of carbonyl (C=O) groups excluding carboxylic acids is 2. The number of hydrogen-bond donors (Lipinski definition) is 1. The summed E-state index contributed by atoms with van der Waals surface area (Å²) in [6.45, 7) is 1.32. The maximum atomic E-state index is 12.8. The van der Waals surface area contributed by atoms with Crippen LogP contribution in [0.4, 0.5) is 18.9 Å². The van der Waals surface area contributed by atoms with Crippen molar-refractivity contribution in [2.75, 3.05) is 26.6 Å². The Hall–Kier alpha value is -3.43. The Balaban J connectivity index is 2.03. The van der Waals surface area contributed by atoms with Crippen LogP contribution in [0.2, 0.25) is 0 Å². The van der Waals surface area contributed by atoms with Gasteiger partial charge in [0, 0.05) is 5.69 Å². The predicted molar refractivity (Wildman–Crippen MR) is 105 cm³/mol. The highest BCUT2D eigenvalue weighted by atomic mass is 19.4. The topological polar surface area (TPSA) is 83.1 Å². The van der Waals surface area contributed by atoms with Crippen molar-refractivity contribution in [1.29, 1.82) is 0 Å². The summed E-state index contributed by atoms with van der Waals surface area (Å²) < 4.78 is 59.1. The van der Waals surface area contributed by atoms with Crippen LogP contribution in [0.5, 0.6) is 17.2 Å². The number of rotatable bonds is 8. The molecule has 2 aromatic carbocycles. The number of benzene rings is 2. The smallest absolute Gasteiger partial charge is 0.416 e. The van der Waals surface area contributed by atoms with E-state index in [1.807, 2.05) is 0 Å². The van der Waals surface area contributed by atoms with Crippen LogP contribution in [-0.2, 0) is 26.9 Å². The summed E-state index contributed by atoms with van der Waals surface area (Å²) >= 11 is 0. The molecule has 0 aliphatic rings. The zero-order valence-electron chi connectivity index (χ0n) is 17.3. The summed E-state index contributed by atoms with van der Waals surface area (Å²) in [5.41, 5.74) is -0.477. The normalized spacial score (nSPS) is 12.0. The monoisotopic (exact) mass is 441 g/mol. The van der Waals surface area contributed by atoms with E-state index in [1.165, 1.54) is 40.4 Å². The Morgan fingerprint density at radius 2 is 1.61 bits per heavy atom. The van der Waals surface area contributed by atoms with E-state index in [-0.39, 0.29) is 12.1 Å². The van der Waals surface area contributed by atoms with Gasteiger partial charge in [-0.15, -0.1) is 0 Å². The molecule has 1 amide bonds. The summed E-state index contributed by atoms with van der Waals surface area (Å²) in [5, 5.41) is 2.30. The molecule has 0 aromatic heterocycles. The number of methoxy groups -OCH3 is 3. The maximum absolute atomic E-state index is 12.8. The second-order valence-corrected chi connectivity index (χ2v) is 6.41. The fourth-order valence-electron chi connectivity index (χ4n) is 2.71. The Morgan fingerprint density at radius 3 is 2.13 bits per heavy atom. The van der Waals surface area contributed by atoms with Gasteiger partial charge in [0.05, 0.1) is 33.3 Å². The summed E-state index contributed by atoms with van der Waals surface area (Å²) in [6.07, 6.45) is -5.97. The van der Waals surface area contributed by atoms with Crippen LogP contribution < -0.4 is 19.5 Å². The molecule has 0 aliphatic heterocycles. The van der Waals surface area contributed by atoms with Crippen molar-refractivity contribution in [3.63, 3.8) is 0 Å². The third-order valence-electron chi connectivity index (χ3n) is 4.21. The molecule has 0 bridgehead atoms. The minimum absolute atomic E-state index is 0.0626. The Kier molecular flexibility index (Phi) is 7.73. The number of alkyl halides is 3. The van der Waals surface area contributed by atoms with Gasteiger partial charge in [0.15, 0.2) is 17.6 Å². The molecule has 0 unspecified atom stereocenters. The van der Waals surface area contributed by atoms with Crippen LogP contribution in [0.15, 0.2) is 36.4 Å².